The van der Waals surface area contributed by atoms with E-state index in [1.807, 2.05) is 43.3 Å². The van der Waals surface area contributed by atoms with Crippen molar-refractivity contribution in [2.24, 2.45) is 0 Å². The van der Waals surface area contributed by atoms with Crippen LogP contribution in [-0.4, -0.2) is 32.7 Å². The first-order valence-corrected chi connectivity index (χ1v) is 6.83. The Labute approximate surface area is 127 Å². The molecule has 0 unspecified atom stereocenters. The fourth-order valence-electron chi connectivity index (χ4n) is 2.18. The average molecular weight is 293 g/mol. The molecule has 0 bridgehead atoms. The van der Waals surface area contributed by atoms with Gasteiger partial charge in [-0.1, -0.05) is 12.2 Å². The maximum Gasteiger partial charge on any atom is 0.206 e. The largest absolute Gasteiger partial charge is 0.496 e. The fourth-order valence-corrected chi connectivity index (χ4v) is 2.18. The molecular weight excluding hydrogens is 278 g/mol. The summed E-state index contributed by atoms with van der Waals surface area (Å²) in [4.78, 5) is 4.48. The van der Waals surface area contributed by atoms with Crippen LogP contribution in [0.2, 0.25) is 0 Å². The standard InChI is InChI=1S/C16H15N5O/c1-3-4-12-9-11(6-8-15(12)22-2)14-7-5-13(10-17-14)16-18-20-21-19-16/h3-10H,1-2H3,(H,18,19,20,21)/b4-3+. The molecule has 0 saturated carbocycles. The third-order valence-electron chi connectivity index (χ3n) is 3.24. The molecule has 6 heteroatoms. The molecule has 1 aromatic carbocycles. The van der Waals surface area contributed by atoms with Gasteiger partial charge in [0.25, 0.3) is 0 Å². The number of H-pyrrole nitrogens is 1. The van der Waals surface area contributed by atoms with Crippen LogP contribution in [-0.2, 0) is 0 Å². The summed E-state index contributed by atoms with van der Waals surface area (Å²) in [5, 5.41) is 13.8. The Hall–Kier alpha value is -3.02. The predicted molar refractivity (Wildman–Crippen MR) is 84.1 cm³/mol. The second-order valence-electron chi connectivity index (χ2n) is 4.62. The highest BCUT2D eigenvalue weighted by Crippen LogP contribution is 2.27. The second kappa shape index (κ2) is 6.17. The van der Waals surface area contributed by atoms with Crippen molar-refractivity contribution >= 4 is 6.08 Å². The monoisotopic (exact) mass is 293 g/mol. The van der Waals surface area contributed by atoms with E-state index in [4.69, 9.17) is 4.74 Å². The second-order valence-corrected chi connectivity index (χ2v) is 4.62. The number of hydrogen-bond acceptors (Lipinski definition) is 5. The van der Waals surface area contributed by atoms with E-state index in [9.17, 15) is 0 Å². The Balaban J connectivity index is 1.95. The molecule has 0 spiro atoms. The minimum Gasteiger partial charge on any atom is -0.496 e. The summed E-state index contributed by atoms with van der Waals surface area (Å²) < 4.78 is 5.36. The van der Waals surface area contributed by atoms with E-state index < -0.39 is 0 Å². The van der Waals surface area contributed by atoms with Crippen molar-refractivity contribution in [1.82, 2.24) is 25.6 Å². The minimum atomic E-state index is 0.531. The number of ether oxygens (including phenoxy) is 1. The zero-order valence-corrected chi connectivity index (χ0v) is 12.3. The predicted octanol–water partition coefficient (Wildman–Crippen LogP) is 2.97. The Bertz CT molecular complexity index is 779. The van der Waals surface area contributed by atoms with Crippen LogP contribution < -0.4 is 4.74 Å². The van der Waals surface area contributed by atoms with Crippen molar-refractivity contribution in [3.63, 3.8) is 0 Å². The molecule has 2 heterocycles. The van der Waals surface area contributed by atoms with Gasteiger partial charge in [0, 0.05) is 22.9 Å². The van der Waals surface area contributed by atoms with E-state index in [-0.39, 0.29) is 0 Å². The number of pyridine rings is 1. The lowest BCUT2D eigenvalue weighted by molar-refractivity contribution is 0.414. The zero-order valence-electron chi connectivity index (χ0n) is 12.3. The number of aromatic nitrogens is 5. The van der Waals surface area contributed by atoms with Gasteiger partial charge in [-0.15, -0.1) is 10.2 Å². The fraction of sp³-hybridized carbons (Fsp3) is 0.125. The highest BCUT2D eigenvalue weighted by molar-refractivity contribution is 5.69. The van der Waals surface area contributed by atoms with Gasteiger partial charge >= 0.3 is 0 Å². The number of aromatic amines is 1. The summed E-state index contributed by atoms with van der Waals surface area (Å²) >= 11 is 0. The molecule has 0 radical (unpaired) electrons. The third kappa shape index (κ3) is 2.71. The lowest BCUT2D eigenvalue weighted by atomic mass is 10.1. The van der Waals surface area contributed by atoms with Crippen molar-refractivity contribution in [3.05, 3.63) is 48.2 Å². The lowest BCUT2D eigenvalue weighted by Crippen LogP contribution is -1.90. The summed E-state index contributed by atoms with van der Waals surface area (Å²) in [5.74, 6) is 1.37. The summed E-state index contributed by atoms with van der Waals surface area (Å²) in [5.41, 5.74) is 3.74. The lowest BCUT2D eigenvalue weighted by Gasteiger charge is -2.08. The van der Waals surface area contributed by atoms with Gasteiger partial charge in [0.1, 0.15) is 5.75 Å². The van der Waals surface area contributed by atoms with Crippen molar-refractivity contribution in [2.75, 3.05) is 7.11 Å². The molecule has 0 amide bonds. The molecule has 22 heavy (non-hydrogen) atoms. The van der Waals surface area contributed by atoms with Crippen molar-refractivity contribution < 1.29 is 4.74 Å². The first kappa shape index (κ1) is 13.9. The molecule has 0 aliphatic heterocycles. The Morgan fingerprint density at radius 1 is 1.14 bits per heavy atom. The normalized spacial score (nSPS) is 11.0. The van der Waals surface area contributed by atoms with Crippen molar-refractivity contribution in [1.29, 1.82) is 0 Å². The Morgan fingerprint density at radius 3 is 2.64 bits per heavy atom. The number of tetrazole rings is 1. The van der Waals surface area contributed by atoms with E-state index in [1.54, 1.807) is 13.3 Å². The van der Waals surface area contributed by atoms with E-state index >= 15 is 0 Å². The van der Waals surface area contributed by atoms with Crippen LogP contribution in [0.4, 0.5) is 0 Å². The van der Waals surface area contributed by atoms with Gasteiger partial charge in [-0.3, -0.25) is 4.98 Å². The molecule has 0 fully saturated rings. The number of nitrogens with zero attached hydrogens (tertiary/aromatic N) is 4. The van der Waals surface area contributed by atoms with Crippen LogP contribution in [0, 0.1) is 0 Å². The summed E-state index contributed by atoms with van der Waals surface area (Å²) in [7, 11) is 1.67. The van der Waals surface area contributed by atoms with Gasteiger partial charge in [0.2, 0.25) is 5.82 Å². The van der Waals surface area contributed by atoms with Crippen LogP contribution >= 0.6 is 0 Å². The maximum atomic E-state index is 5.36. The Morgan fingerprint density at radius 2 is 2.00 bits per heavy atom. The van der Waals surface area contributed by atoms with Gasteiger partial charge in [-0.2, -0.15) is 5.21 Å². The van der Waals surface area contributed by atoms with E-state index in [1.165, 1.54) is 0 Å². The number of methoxy groups -OCH3 is 1. The van der Waals surface area contributed by atoms with Gasteiger partial charge in [-0.05, 0) is 42.5 Å². The number of rotatable bonds is 4. The molecule has 0 atom stereocenters. The van der Waals surface area contributed by atoms with Crippen LogP contribution in [0.1, 0.15) is 12.5 Å². The zero-order chi connectivity index (χ0) is 15.4. The molecule has 0 saturated heterocycles. The summed E-state index contributed by atoms with van der Waals surface area (Å²) in [6.07, 6.45) is 5.73. The number of hydrogen-bond donors (Lipinski definition) is 1. The summed E-state index contributed by atoms with van der Waals surface area (Å²) in [6.45, 7) is 1.98. The van der Waals surface area contributed by atoms with Crippen LogP contribution in [0.25, 0.3) is 28.7 Å². The molecule has 3 aromatic rings. The number of allylic oxidation sites excluding steroid dienone is 1. The van der Waals surface area contributed by atoms with E-state index in [0.29, 0.717) is 5.82 Å². The minimum absolute atomic E-state index is 0.531. The van der Waals surface area contributed by atoms with Gasteiger partial charge in [0.05, 0.1) is 12.8 Å². The molecule has 110 valence electrons. The molecule has 3 rings (SSSR count). The Kier molecular flexibility index (Phi) is 3.91. The van der Waals surface area contributed by atoms with E-state index in [0.717, 1.165) is 28.1 Å². The number of benzene rings is 1. The molecule has 1 N–H and O–H groups in total. The van der Waals surface area contributed by atoms with Gasteiger partial charge in [-0.25, -0.2) is 0 Å². The van der Waals surface area contributed by atoms with Gasteiger partial charge in [0.15, 0.2) is 0 Å². The van der Waals surface area contributed by atoms with Gasteiger partial charge < -0.3 is 4.74 Å². The van der Waals surface area contributed by atoms with Crippen LogP contribution in [0.3, 0.4) is 0 Å². The van der Waals surface area contributed by atoms with Crippen molar-refractivity contribution in [2.45, 2.75) is 6.92 Å². The third-order valence-corrected chi connectivity index (χ3v) is 3.24. The SMILES string of the molecule is C/C=C/c1cc(-c2ccc(-c3nn[nH]n3)cn2)ccc1OC. The maximum absolute atomic E-state index is 5.36. The molecule has 2 aromatic heterocycles. The quantitative estimate of drug-likeness (QED) is 0.800. The molecule has 0 aliphatic carbocycles. The van der Waals surface area contributed by atoms with Crippen molar-refractivity contribution in [3.8, 4) is 28.4 Å². The van der Waals surface area contributed by atoms with Crippen LogP contribution in [0.5, 0.6) is 5.75 Å². The summed E-state index contributed by atoms with van der Waals surface area (Å²) in [6, 6.07) is 9.84. The van der Waals surface area contributed by atoms with E-state index in [2.05, 4.69) is 31.7 Å². The first-order chi connectivity index (χ1) is 10.8. The molecule has 6 nitrogen and oxygen atoms in total. The average Bonchev–Trinajstić information content (AvgIpc) is 3.10. The highest BCUT2D eigenvalue weighted by Gasteiger charge is 2.07. The number of nitrogens with one attached hydrogen (secondary N) is 1. The molecule has 0 aliphatic rings. The molecular formula is C16H15N5O. The highest BCUT2D eigenvalue weighted by atomic mass is 16.5. The first-order valence-electron chi connectivity index (χ1n) is 6.83. The van der Waals surface area contributed by atoms with Crippen LogP contribution in [0.15, 0.2) is 42.6 Å². The smallest absolute Gasteiger partial charge is 0.206 e. The topological polar surface area (TPSA) is 76.6 Å².